The fraction of sp³-hybridized carbons (Fsp3) is 0.720. The van der Waals surface area contributed by atoms with E-state index >= 15 is 0 Å². The fourth-order valence-corrected chi connectivity index (χ4v) is 6.45. The number of nitrogens with zero attached hydrogens (tertiary/aromatic N) is 2. The molecule has 0 spiro atoms. The van der Waals surface area contributed by atoms with Crippen LogP contribution in [0.5, 0.6) is 5.75 Å². The summed E-state index contributed by atoms with van der Waals surface area (Å²) in [5.74, 6) is 0.578. The third kappa shape index (κ3) is 5.67. The van der Waals surface area contributed by atoms with Gasteiger partial charge in [0, 0.05) is 31.2 Å². The van der Waals surface area contributed by atoms with Crippen LogP contribution < -0.4 is 4.74 Å². The van der Waals surface area contributed by atoms with Crippen molar-refractivity contribution >= 4 is 15.9 Å². The SMILES string of the molecule is CC(C)(C)OC(=O)N1[C@@H]2CC[C@@H]1CN(C1CCC(COc3ccccc3S(=O)(=O)CF)CC1)C2. The average Bonchev–Trinajstić information content (AvgIpc) is 3.07. The average molecular weight is 497 g/mol. The van der Waals surface area contributed by atoms with Crippen LogP contribution in [0.15, 0.2) is 29.2 Å². The van der Waals surface area contributed by atoms with Crippen molar-refractivity contribution in [1.82, 2.24) is 9.80 Å². The maximum absolute atomic E-state index is 13.0. The van der Waals surface area contributed by atoms with Gasteiger partial charge >= 0.3 is 6.09 Å². The second kappa shape index (κ2) is 10.0. The Kier molecular flexibility index (Phi) is 7.43. The molecule has 9 heteroatoms. The number of fused-ring (bicyclic) bond motifs is 2. The van der Waals surface area contributed by atoms with Crippen molar-refractivity contribution in [2.24, 2.45) is 5.92 Å². The molecule has 1 aromatic carbocycles. The van der Waals surface area contributed by atoms with Crippen LogP contribution in [0.2, 0.25) is 0 Å². The van der Waals surface area contributed by atoms with Crippen molar-refractivity contribution in [2.75, 3.05) is 25.7 Å². The van der Waals surface area contributed by atoms with Crippen LogP contribution in [0.3, 0.4) is 0 Å². The van der Waals surface area contributed by atoms with E-state index in [-0.39, 0.29) is 28.8 Å². The molecule has 0 aromatic heterocycles. The van der Waals surface area contributed by atoms with Gasteiger partial charge in [0.25, 0.3) is 0 Å². The smallest absolute Gasteiger partial charge is 0.410 e. The van der Waals surface area contributed by atoms with Gasteiger partial charge in [-0.15, -0.1) is 0 Å². The van der Waals surface area contributed by atoms with Gasteiger partial charge in [-0.3, -0.25) is 9.80 Å². The molecule has 2 heterocycles. The molecule has 34 heavy (non-hydrogen) atoms. The zero-order valence-corrected chi connectivity index (χ0v) is 21.2. The largest absolute Gasteiger partial charge is 0.492 e. The Morgan fingerprint density at radius 1 is 1.00 bits per heavy atom. The lowest BCUT2D eigenvalue weighted by Gasteiger charge is -2.46. The molecule has 0 radical (unpaired) electrons. The Bertz CT molecular complexity index is 958. The normalized spacial score (nSPS) is 28.1. The molecule has 2 saturated heterocycles. The highest BCUT2D eigenvalue weighted by atomic mass is 32.2. The second-order valence-corrected chi connectivity index (χ2v) is 12.8. The standard InChI is InChI=1S/C25H37FN2O5S/c1-25(2,3)33-24(29)28-20-12-13-21(28)15-27(14-20)19-10-8-18(9-11-19)16-32-22-6-4-5-7-23(22)34(30,31)17-26/h4-7,18-21H,8-17H2,1-3H3/t18?,19?,20-,21-/m1/s1. The summed E-state index contributed by atoms with van der Waals surface area (Å²) in [7, 11) is -3.97. The summed E-state index contributed by atoms with van der Waals surface area (Å²) in [6.07, 6.45) is 6.01. The van der Waals surface area contributed by atoms with E-state index in [0.717, 1.165) is 51.6 Å². The molecule has 3 fully saturated rings. The van der Waals surface area contributed by atoms with Crippen LogP contribution >= 0.6 is 0 Å². The van der Waals surface area contributed by atoms with E-state index in [0.29, 0.717) is 18.6 Å². The second-order valence-electron chi connectivity index (χ2n) is 10.9. The van der Waals surface area contributed by atoms with E-state index in [1.165, 1.54) is 6.07 Å². The van der Waals surface area contributed by atoms with Crippen molar-refractivity contribution in [2.45, 2.75) is 87.9 Å². The molecule has 7 nitrogen and oxygen atoms in total. The van der Waals surface area contributed by atoms with E-state index in [2.05, 4.69) is 4.90 Å². The number of hydrogen-bond acceptors (Lipinski definition) is 6. The number of alkyl halides is 1. The van der Waals surface area contributed by atoms with Gasteiger partial charge in [-0.2, -0.15) is 0 Å². The van der Waals surface area contributed by atoms with Crippen molar-refractivity contribution in [3.63, 3.8) is 0 Å². The lowest BCUT2D eigenvalue weighted by atomic mass is 9.85. The Balaban J connectivity index is 1.28. The number of carbonyl (C=O) groups excluding carboxylic acids is 1. The molecule has 0 N–H and O–H groups in total. The lowest BCUT2D eigenvalue weighted by molar-refractivity contribution is -0.0158. The van der Waals surface area contributed by atoms with Crippen LogP contribution in [0, 0.1) is 5.92 Å². The number of hydrogen-bond donors (Lipinski definition) is 0. The van der Waals surface area contributed by atoms with Crippen molar-refractivity contribution in [3.8, 4) is 5.75 Å². The molecular formula is C25H37FN2O5S. The summed E-state index contributed by atoms with van der Waals surface area (Å²) >= 11 is 0. The van der Waals surface area contributed by atoms with Crippen molar-refractivity contribution in [1.29, 1.82) is 0 Å². The highest BCUT2D eigenvalue weighted by Crippen LogP contribution is 2.36. The number of para-hydroxylation sites is 1. The predicted molar refractivity (Wildman–Crippen MR) is 127 cm³/mol. The summed E-state index contributed by atoms with van der Waals surface area (Å²) in [5, 5.41) is 0. The number of rotatable bonds is 6. The minimum Gasteiger partial charge on any atom is -0.492 e. The molecule has 2 bridgehead atoms. The lowest BCUT2D eigenvalue weighted by Crippen LogP contribution is -2.59. The number of sulfone groups is 1. The Morgan fingerprint density at radius 3 is 2.18 bits per heavy atom. The van der Waals surface area contributed by atoms with Crippen LogP contribution in [0.25, 0.3) is 0 Å². The first-order chi connectivity index (χ1) is 16.1. The monoisotopic (exact) mass is 496 g/mol. The molecule has 2 atom stereocenters. The Labute approximate surface area is 202 Å². The number of carbonyl (C=O) groups is 1. The van der Waals surface area contributed by atoms with Crippen molar-refractivity contribution in [3.05, 3.63) is 24.3 Å². The molecule has 1 aromatic rings. The van der Waals surface area contributed by atoms with E-state index in [4.69, 9.17) is 9.47 Å². The van der Waals surface area contributed by atoms with E-state index < -0.39 is 21.4 Å². The molecule has 190 valence electrons. The summed E-state index contributed by atoms with van der Waals surface area (Å²) < 4.78 is 48.5. The number of halogens is 1. The Morgan fingerprint density at radius 2 is 1.59 bits per heavy atom. The summed E-state index contributed by atoms with van der Waals surface area (Å²) in [4.78, 5) is 17.2. The van der Waals surface area contributed by atoms with Crippen LogP contribution in [-0.2, 0) is 14.6 Å². The number of ether oxygens (including phenoxy) is 2. The molecule has 4 rings (SSSR count). The molecular weight excluding hydrogens is 459 g/mol. The van der Waals surface area contributed by atoms with Gasteiger partial charge in [0.1, 0.15) is 16.2 Å². The van der Waals surface area contributed by atoms with Gasteiger partial charge in [-0.05, 0) is 77.3 Å². The highest BCUT2D eigenvalue weighted by Gasteiger charge is 2.45. The van der Waals surface area contributed by atoms with Crippen molar-refractivity contribution < 1.29 is 27.1 Å². The quantitative estimate of drug-likeness (QED) is 0.581. The number of benzene rings is 1. The number of piperazine rings is 1. The van der Waals surface area contributed by atoms with E-state index in [9.17, 15) is 17.6 Å². The maximum Gasteiger partial charge on any atom is 0.410 e. The van der Waals surface area contributed by atoms with Gasteiger partial charge in [0.15, 0.2) is 6.01 Å². The molecule has 3 aliphatic rings. The number of likely N-dealkylation sites (tertiary alicyclic amines) is 1. The number of amides is 1. The van der Waals surface area contributed by atoms with E-state index in [1.54, 1.807) is 18.2 Å². The maximum atomic E-state index is 13.0. The molecule has 2 aliphatic heterocycles. The van der Waals surface area contributed by atoms with Gasteiger partial charge in [0.05, 0.1) is 6.61 Å². The third-order valence-electron chi connectivity index (χ3n) is 7.25. The fourth-order valence-electron chi connectivity index (χ4n) is 5.62. The highest BCUT2D eigenvalue weighted by molar-refractivity contribution is 7.91. The van der Waals surface area contributed by atoms with E-state index in [1.807, 2.05) is 25.7 Å². The van der Waals surface area contributed by atoms with Crippen LogP contribution in [0.4, 0.5) is 9.18 Å². The molecule has 1 aliphatic carbocycles. The zero-order valence-electron chi connectivity index (χ0n) is 20.4. The van der Waals surface area contributed by atoms with Gasteiger partial charge in [-0.25, -0.2) is 17.6 Å². The molecule has 0 unspecified atom stereocenters. The van der Waals surface area contributed by atoms with Gasteiger partial charge in [0.2, 0.25) is 9.84 Å². The van der Waals surface area contributed by atoms with Crippen LogP contribution in [0.1, 0.15) is 59.3 Å². The minimum atomic E-state index is -3.97. The third-order valence-corrected chi connectivity index (χ3v) is 8.54. The summed E-state index contributed by atoms with van der Waals surface area (Å²) in [6, 6.07) is 5.79. The topological polar surface area (TPSA) is 76.2 Å². The van der Waals surface area contributed by atoms with Gasteiger partial charge < -0.3 is 9.47 Å². The first-order valence-corrected chi connectivity index (χ1v) is 14.0. The van der Waals surface area contributed by atoms with Gasteiger partial charge in [-0.1, -0.05) is 12.1 Å². The molecule has 1 saturated carbocycles. The summed E-state index contributed by atoms with van der Waals surface area (Å²) in [6.45, 7) is 7.95. The minimum absolute atomic E-state index is 0.0791. The first kappa shape index (κ1) is 25.2. The zero-order chi connectivity index (χ0) is 24.5. The predicted octanol–water partition coefficient (Wildman–Crippen LogP) is 4.41. The van der Waals surface area contributed by atoms with Crippen LogP contribution in [-0.4, -0.2) is 73.7 Å². The first-order valence-electron chi connectivity index (χ1n) is 12.3. The molecule has 1 amide bonds. The Hall–Kier alpha value is -1.87. The summed E-state index contributed by atoms with van der Waals surface area (Å²) in [5.41, 5.74) is -0.481.